The minimum atomic E-state index is 0.560. The first kappa shape index (κ1) is 13.2. The van der Waals surface area contributed by atoms with Gasteiger partial charge in [0.25, 0.3) is 0 Å². The van der Waals surface area contributed by atoms with Crippen LogP contribution in [0.15, 0.2) is 36.5 Å². The quantitative estimate of drug-likeness (QED) is 0.849. The largest absolute Gasteiger partial charge is 0.399 e. The van der Waals surface area contributed by atoms with Crippen LogP contribution in [-0.2, 0) is 18.0 Å². The van der Waals surface area contributed by atoms with Crippen LogP contribution in [0.3, 0.4) is 0 Å². The molecule has 1 fully saturated rings. The fraction of sp³-hybridized carbons (Fsp3) is 0.438. The molecule has 1 aliphatic carbocycles. The summed E-state index contributed by atoms with van der Waals surface area (Å²) in [5.74, 6) is 0. The Morgan fingerprint density at radius 3 is 2.60 bits per heavy atom. The molecule has 2 N–H and O–H groups in total. The molecule has 20 heavy (non-hydrogen) atoms. The zero-order chi connectivity index (χ0) is 13.8. The highest BCUT2D eigenvalue weighted by molar-refractivity contribution is 5.39. The van der Waals surface area contributed by atoms with E-state index in [-0.39, 0.29) is 0 Å². The first-order chi connectivity index (χ1) is 9.81. The summed E-state index contributed by atoms with van der Waals surface area (Å²) in [6, 6.07) is 10.4. The van der Waals surface area contributed by atoms with Gasteiger partial charge in [-0.25, -0.2) is 0 Å². The Morgan fingerprint density at radius 1 is 1.10 bits per heavy atom. The molecule has 1 aromatic carbocycles. The van der Waals surface area contributed by atoms with Crippen molar-refractivity contribution in [3.8, 4) is 0 Å². The molecule has 1 aliphatic rings. The van der Waals surface area contributed by atoms with E-state index in [4.69, 9.17) is 10.5 Å². The lowest BCUT2D eigenvalue weighted by molar-refractivity contribution is 0.104. The maximum absolute atomic E-state index is 5.70. The van der Waals surface area contributed by atoms with E-state index >= 15 is 0 Å². The molecule has 106 valence electrons. The van der Waals surface area contributed by atoms with E-state index in [0.29, 0.717) is 19.3 Å². The van der Waals surface area contributed by atoms with Crippen LogP contribution in [0.4, 0.5) is 5.69 Å². The van der Waals surface area contributed by atoms with Crippen molar-refractivity contribution in [3.05, 3.63) is 47.8 Å². The van der Waals surface area contributed by atoms with Crippen molar-refractivity contribution in [2.75, 3.05) is 5.73 Å². The Bertz CT molecular complexity index is 541. The second-order valence-electron chi connectivity index (χ2n) is 5.46. The smallest absolute Gasteiger partial charge is 0.0911 e. The second-order valence-corrected chi connectivity index (χ2v) is 5.46. The van der Waals surface area contributed by atoms with E-state index in [9.17, 15) is 0 Å². The number of nitrogen functional groups attached to an aromatic ring is 1. The summed E-state index contributed by atoms with van der Waals surface area (Å²) in [6.45, 7) is 1.15. The summed E-state index contributed by atoms with van der Waals surface area (Å²) in [6.07, 6.45) is 7.25. The van der Waals surface area contributed by atoms with Gasteiger partial charge in [0.15, 0.2) is 0 Å². The first-order valence-electron chi connectivity index (χ1n) is 7.27. The maximum Gasteiger partial charge on any atom is 0.0911 e. The van der Waals surface area contributed by atoms with Crippen LogP contribution >= 0.6 is 0 Å². The topological polar surface area (TPSA) is 53.1 Å². The predicted molar refractivity (Wildman–Crippen MR) is 79.1 cm³/mol. The molecule has 1 heterocycles. The molecular formula is C16H21N3O. The van der Waals surface area contributed by atoms with E-state index < -0.39 is 0 Å². The van der Waals surface area contributed by atoms with Gasteiger partial charge in [0.1, 0.15) is 0 Å². The van der Waals surface area contributed by atoms with Gasteiger partial charge >= 0.3 is 0 Å². The lowest BCUT2D eigenvalue weighted by Crippen LogP contribution is -2.06. The zero-order valence-electron chi connectivity index (χ0n) is 11.7. The maximum atomic E-state index is 5.70. The Kier molecular flexibility index (Phi) is 4.02. The number of hydrogen-bond donors (Lipinski definition) is 1. The average Bonchev–Trinajstić information content (AvgIpc) is 3.11. The van der Waals surface area contributed by atoms with Crippen molar-refractivity contribution in [2.24, 2.45) is 0 Å². The summed E-state index contributed by atoms with van der Waals surface area (Å²) in [5, 5.41) is 4.61. The third-order valence-corrected chi connectivity index (χ3v) is 3.86. The molecule has 0 aliphatic heterocycles. The molecule has 0 atom stereocenters. The lowest BCUT2D eigenvalue weighted by Gasteiger charge is -2.09. The van der Waals surface area contributed by atoms with Crippen molar-refractivity contribution < 1.29 is 4.74 Å². The number of benzene rings is 1. The molecule has 1 saturated carbocycles. The molecule has 0 radical (unpaired) electrons. The summed E-state index contributed by atoms with van der Waals surface area (Å²) < 4.78 is 7.81. The average molecular weight is 271 g/mol. The molecule has 3 rings (SSSR count). The molecule has 0 spiro atoms. The van der Waals surface area contributed by atoms with Gasteiger partial charge in [0.2, 0.25) is 0 Å². The first-order valence-corrected chi connectivity index (χ1v) is 7.27. The zero-order valence-corrected chi connectivity index (χ0v) is 11.7. The molecule has 4 nitrogen and oxygen atoms in total. The minimum Gasteiger partial charge on any atom is -0.399 e. The van der Waals surface area contributed by atoms with Crippen LogP contribution in [0.2, 0.25) is 0 Å². The van der Waals surface area contributed by atoms with Gasteiger partial charge in [0.05, 0.1) is 24.9 Å². The Balaban J connectivity index is 1.49. The summed E-state index contributed by atoms with van der Waals surface area (Å²) in [4.78, 5) is 0. The number of hydrogen-bond acceptors (Lipinski definition) is 3. The van der Waals surface area contributed by atoms with Crippen LogP contribution in [0.5, 0.6) is 0 Å². The number of anilines is 1. The van der Waals surface area contributed by atoms with Gasteiger partial charge < -0.3 is 10.5 Å². The molecule has 4 heteroatoms. The van der Waals surface area contributed by atoms with Crippen LogP contribution in [0, 0.1) is 0 Å². The van der Waals surface area contributed by atoms with E-state index in [2.05, 4.69) is 22.0 Å². The number of aromatic nitrogens is 2. The van der Waals surface area contributed by atoms with Crippen LogP contribution in [0.25, 0.3) is 0 Å². The molecule has 0 saturated heterocycles. The number of nitrogens with two attached hydrogens (primary N) is 1. The van der Waals surface area contributed by atoms with Gasteiger partial charge in [0, 0.05) is 11.9 Å². The Hall–Kier alpha value is -1.81. The van der Waals surface area contributed by atoms with Crippen LogP contribution < -0.4 is 5.73 Å². The lowest BCUT2D eigenvalue weighted by atomic mass is 10.2. The fourth-order valence-electron chi connectivity index (χ4n) is 2.71. The van der Waals surface area contributed by atoms with Gasteiger partial charge in [-0.15, -0.1) is 0 Å². The van der Waals surface area contributed by atoms with E-state index in [1.165, 1.54) is 25.7 Å². The van der Waals surface area contributed by atoms with E-state index in [0.717, 1.165) is 16.9 Å². The minimum absolute atomic E-state index is 0.560. The fourth-order valence-corrected chi connectivity index (χ4v) is 2.71. The van der Waals surface area contributed by atoms with Crippen LogP contribution in [0.1, 0.15) is 43.0 Å². The third kappa shape index (κ3) is 3.20. The third-order valence-electron chi connectivity index (χ3n) is 3.86. The molecule has 0 unspecified atom stereocenters. The second kappa shape index (κ2) is 6.09. The molecule has 2 aromatic rings. The normalized spacial score (nSPS) is 15.8. The highest BCUT2D eigenvalue weighted by atomic mass is 16.5. The summed E-state index contributed by atoms with van der Waals surface area (Å²) >= 11 is 0. The van der Waals surface area contributed by atoms with Crippen molar-refractivity contribution >= 4 is 5.69 Å². The highest BCUT2D eigenvalue weighted by Gasteiger charge is 2.17. The Labute approximate surface area is 119 Å². The van der Waals surface area contributed by atoms with Gasteiger partial charge in [-0.2, -0.15) is 5.10 Å². The predicted octanol–water partition coefficient (Wildman–Crippen LogP) is 3.30. The van der Waals surface area contributed by atoms with Gasteiger partial charge in [-0.3, -0.25) is 4.68 Å². The number of nitrogens with zero attached hydrogens (tertiary/aromatic N) is 2. The van der Waals surface area contributed by atoms with Crippen LogP contribution in [-0.4, -0.2) is 9.78 Å². The van der Waals surface area contributed by atoms with Crippen molar-refractivity contribution in [1.82, 2.24) is 9.78 Å². The van der Waals surface area contributed by atoms with Crippen molar-refractivity contribution in [3.63, 3.8) is 0 Å². The highest BCUT2D eigenvalue weighted by Crippen LogP contribution is 2.28. The standard InChI is InChI=1S/C16H21N3O/c17-14-7-5-13(6-8-14)11-20-12-15-9-10-19(18-15)16-3-1-2-4-16/h5-10,16H,1-4,11-12,17H2. The van der Waals surface area contributed by atoms with Crippen molar-refractivity contribution in [1.29, 1.82) is 0 Å². The van der Waals surface area contributed by atoms with E-state index in [1.807, 2.05) is 24.3 Å². The Morgan fingerprint density at radius 2 is 1.85 bits per heavy atom. The molecule has 0 amide bonds. The monoisotopic (exact) mass is 271 g/mol. The van der Waals surface area contributed by atoms with Crippen molar-refractivity contribution in [2.45, 2.75) is 44.9 Å². The SMILES string of the molecule is Nc1ccc(COCc2ccn(C3CCCC3)n2)cc1. The molecule has 1 aromatic heterocycles. The summed E-state index contributed by atoms with van der Waals surface area (Å²) in [7, 11) is 0. The molecular weight excluding hydrogens is 250 g/mol. The number of ether oxygens (including phenoxy) is 1. The van der Waals surface area contributed by atoms with E-state index in [1.54, 1.807) is 0 Å². The molecule has 0 bridgehead atoms. The van der Waals surface area contributed by atoms with Gasteiger partial charge in [-0.05, 0) is 36.6 Å². The summed E-state index contributed by atoms with van der Waals surface area (Å²) in [5.41, 5.74) is 8.58. The van der Waals surface area contributed by atoms with Gasteiger partial charge in [-0.1, -0.05) is 25.0 Å². The number of rotatable bonds is 5.